The molecule has 0 aliphatic carbocycles. The van der Waals surface area contributed by atoms with Gasteiger partial charge in [-0.25, -0.2) is 0 Å². The van der Waals surface area contributed by atoms with Gasteiger partial charge in [0.2, 0.25) is 0 Å². The van der Waals surface area contributed by atoms with Gasteiger partial charge in [-0.3, -0.25) is 0 Å². The molecule has 0 aliphatic rings. The topological polar surface area (TPSA) is 0 Å². The van der Waals surface area contributed by atoms with E-state index >= 15 is 0 Å². The van der Waals surface area contributed by atoms with Crippen LogP contribution in [0.1, 0.15) is 74.7 Å². The van der Waals surface area contributed by atoms with Crippen LogP contribution in [-0.2, 0) is 0 Å². The standard InChI is InChI=1S/C17H36/c1-12(2)14(5)9-10-15(6)17(8)11-16(7)13(3)4/h12-17H,9-11H2,1-8H3. The molecule has 0 amide bonds. The first-order chi connectivity index (χ1) is 7.75. The summed E-state index contributed by atoms with van der Waals surface area (Å²) in [7, 11) is 0. The van der Waals surface area contributed by atoms with Crippen LogP contribution < -0.4 is 0 Å². The summed E-state index contributed by atoms with van der Waals surface area (Å²) in [6, 6.07) is 0. The molecule has 0 aromatic rings. The first kappa shape index (κ1) is 17.0. The monoisotopic (exact) mass is 240 g/mol. The molecule has 0 aromatic heterocycles. The van der Waals surface area contributed by atoms with Crippen LogP contribution in [0, 0.1) is 35.5 Å². The van der Waals surface area contributed by atoms with Gasteiger partial charge in [0, 0.05) is 0 Å². The minimum Gasteiger partial charge on any atom is -0.0625 e. The lowest BCUT2D eigenvalue weighted by Crippen LogP contribution is -2.16. The highest BCUT2D eigenvalue weighted by Crippen LogP contribution is 2.29. The van der Waals surface area contributed by atoms with Crippen molar-refractivity contribution in [2.75, 3.05) is 0 Å². The van der Waals surface area contributed by atoms with Gasteiger partial charge in [0.1, 0.15) is 0 Å². The van der Waals surface area contributed by atoms with Gasteiger partial charge >= 0.3 is 0 Å². The van der Waals surface area contributed by atoms with Gasteiger partial charge in [0.05, 0.1) is 0 Å². The van der Waals surface area contributed by atoms with Gasteiger partial charge in [-0.15, -0.1) is 0 Å². The molecule has 4 atom stereocenters. The lowest BCUT2D eigenvalue weighted by molar-refractivity contribution is 0.244. The Kier molecular flexibility index (Phi) is 8.16. The zero-order valence-corrected chi connectivity index (χ0v) is 13.6. The second-order valence-electron chi connectivity index (χ2n) is 7.21. The van der Waals surface area contributed by atoms with Gasteiger partial charge in [-0.05, 0) is 41.9 Å². The third-order valence-corrected chi connectivity index (χ3v) is 5.07. The summed E-state index contributed by atoms with van der Waals surface area (Å²) in [6.45, 7) is 19.1. The Bertz CT molecular complexity index is 180. The molecule has 0 bridgehead atoms. The maximum Gasteiger partial charge on any atom is -0.0414 e. The molecule has 0 heteroatoms. The van der Waals surface area contributed by atoms with E-state index in [2.05, 4.69) is 55.4 Å². The maximum absolute atomic E-state index is 2.45. The van der Waals surface area contributed by atoms with Crippen LogP contribution in [0.2, 0.25) is 0 Å². The van der Waals surface area contributed by atoms with E-state index in [9.17, 15) is 0 Å². The van der Waals surface area contributed by atoms with Crippen LogP contribution in [0.25, 0.3) is 0 Å². The summed E-state index contributed by atoms with van der Waals surface area (Å²) in [6.07, 6.45) is 4.21. The van der Waals surface area contributed by atoms with E-state index in [-0.39, 0.29) is 0 Å². The molecule has 0 heterocycles. The molecule has 0 spiro atoms. The highest BCUT2D eigenvalue weighted by atomic mass is 14.2. The average molecular weight is 240 g/mol. The Balaban J connectivity index is 3.93. The molecule has 104 valence electrons. The van der Waals surface area contributed by atoms with Crippen molar-refractivity contribution in [2.24, 2.45) is 35.5 Å². The fourth-order valence-corrected chi connectivity index (χ4v) is 2.23. The zero-order chi connectivity index (χ0) is 13.6. The molecular formula is C17H36. The van der Waals surface area contributed by atoms with Crippen molar-refractivity contribution in [3.05, 3.63) is 0 Å². The normalized spacial score (nSPS) is 19.4. The number of hydrogen-bond donors (Lipinski definition) is 0. The van der Waals surface area contributed by atoms with Crippen LogP contribution in [0.3, 0.4) is 0 Å². The zero-order valence-electron chi connectivity index (χ0n) is 13.6. The van der Waals surface area contributed by atoms with Gasteiger partial charge in [-0.1, -0.05) is 68.2 Å². The molecule has 0 rings (SSSR count). The van der Waals surface area contributed by atoms with Crippen LogP contribution >= 0.6 is 0 Å². The number of rotatable bonds is 8. The summed E-state index contributed by atoms with van der Waals surface area (Å²) in [4.78, 5) is 0. The summed E-state index contributed by atoms with van der Waals surface area (Å²) in [5.74, 6) is 5.19. The van der Waals surface area contributed by atoms with Gasteiger partial charge in [0.15, 0.2) is 0 Å². The Labute approximate surface area is 111 Å². The van der Waals surface area contributed by atoms with E-state index in [0.29, 0.717) is 0 Å². The molecule has 17 heavy (non-hydrogen) atoms. The largest absolute Gasteiger partial charge is 0.0625 e. The third kappa shape index (κ3) is 7.11. The molecule has 0 aromatic carbocycles. The van der Waals surface area contributed by atoms with Crippen LogP contribution in [-0.4, -0.2) is 0 Å². The molecule has 0 radical (unpaired) electrons. The van der Waals surface area contributed by atoms with Crippen LogP contribution in [0.5, 0.6) is 0 Å². The second-order valence-corrected chi connectivity index (χ2v) is 7.21. The minimum absolute atomic E-state index is 0.833. The van der Waals surface area contributed by atoms with Gasteiger partial charge in [-0.2, -0.15) is 0 Å². The van der Waals surface area contributed by atoms with Crippen molar-refractivity contribution in [3.63, 3.8) is 0 Å². The number of hydrogen-bond acceptors (Lipinski definition) is 0. The fourth-order valence-electron chi connectivity index (χ4n) is 2.23. The smallest absolute Gasteiger partial charge is 0.0414 e. The predicted octanol–water partition coefficient (Wildman–Crippen LogP) is 6.01. The average Bonchev–Trinajstić information content (AvgIpc) is 2.24. The Morgan fingerprint density at radius 1 is 0.471 bits per heavy atom. The molecule has 0 aliphatic heterocycles. The van der Waals surface area contributed by atoms with Crippen molar-refractivity contribution in [2.45, 2.75) is 74.7 Å². The SMILES string of the molecule is CC(C)C(C)CCC(C)C(C)CC(C)C(C)C. The summed E-state index contributed by atoms with van der Waals surface area (Å²) < 4.78 is 0. The van der Waals surface area contributed by atoms with E-state index in [4.69, 9.17) is 0 Å². The molecule has 0 saturated carbocycles. The molecule has 0 nitrogen and oxygen atoms in total. The first-order valence-electron chi connectivity index (χ1n) is 7.75. The Morgan fingerprint density at radius 2 is 0.882 bits per heavy atom. The van der Waals surface area contributed by atoms with Crippen molar-refractivity contribution >= 4 is 0 Å². The van der Waals surface area contributed by atoms with Crippen molar-refractivity contribution < 1.29 is 0 Å². The van der Waals surface area contributed by atoms with Crippen LogP contribution in [0.4, 0.5) is 0 Å². The van der Waals surface area contributed by atoms with E-state index in [0.717, 1.165) is 35.5 Å². The van der Waals surface area contributed by atoms with E-state index in [1.54, 1.807) is 0 Å². The van der Waals surface area contributed by atoms with Crippen molar-refractivity contribution in [1.29, 1.82) is 0 Å². The first-order valence-corrected chi connectivity index (χ1v) is 7.75. The van der Waals surface area contributed by atoms with Gasteiger partial charge in [0.25, 0.3) is 0 Å². The molecule has 0 N–H and O–H groups in total. The Hall–Kier alpha value is 0. The summed E-state index contributed by atoms with van der Waals surface area (Å²) in [5, 5.41) is 0. The van der Waals surface area contributed by atoms with Crippen LogP contribution in [0.15, 0.2) is 0 Å². The molecular weight excluding hydrogens is 204 g/mol. The highest BCUT2D eigenvalue weighted by Gasteiger charge is 2.18. The van der Waals surface area contributed by atoms with Gasteiger partial charge < -0.3 is 0 Å². The summed E-state index contributed by atoms with van der Waals surface area (Å²) in [5.41, 5.74) is 0. The van der Waals surface area contributed by atoms with E-state index in [1.165, 1.54) is 19.3 Å². The third-order valence-electron chi connectivity index (χ3n) is 5.07. The Morgan fingerprint density at radius 3 is 1.29 bits per heavy atom. The minimum atomic E-state index is 0.833. The summed E-state index contributed by atoms with van der Waals surface area (Å²) >= 11 is 0. The lowest BCUT2D eigenvalue weighted by atomic mass is 9.79. The quantitative estimate of drug-likeness (QED) is 0.487. The van der Waals surface area contributed by atoms with E-state index < -0.39 is 0 Å². The van der Waals surface area contributed by atoms with Crippen molar-refractivity contribution in [3.8, 4) is 0 Å². The van der Waals surface area contributed by atoms with E-state index in [1.807, 2.05) is 0 Å². The lowest BCUT2D eigenvalue weighted by Gasteiger charge is -2.26. The fraction of sp³-hybridized carbons (Fsp3) is 1.00. The second kappa shape index (κ2) is 8.16. The maximum atomic E-state index is 2.45. The molecule has 0 saturated heterocycles. The predicted molar refractivity (Wildman–Crippen MR) is 80.2 cm³/mol. The molecule has 0 fully saturated rings. The van der Waals surface area contributed by atoms with Crippen molar-refractivity contribution in [1.82, 2.24) is 0 Å². The highest BCUT2D eigenvalue weighted by molar-refractivity contribution is 4.69. The molecule has 4 unspecified atom stereocenters.